The van der Waals surface area contributed by atoms with E-state index >= 15 is 0 Å². The van der Waals surface area contributed by atoms with Gasteiger partial charge < -0.3 is 14.6 Å². The molecule has 6 nitrogen and oxygen atoms in total. The zero-order valence-electron chi connectivity index (χ0n) is 13.7. The van der Waals surface area contributed by atoms with Crippen LogP contribution in [0.3, 0.4) is 0 Å². The van der Waals surface area contributed by atoms with E-state index in [0.29, 0.717) is 11.4 Å². The van der Waals surface area contributed by atoms with Crippen molar-refractivity contribution in [3.8, 4) is 17.1 Å². The quantitative estimate of drug-likeness (QED) is 0.770. The smallest absolute Gasteiger partial charge is 0.251 e. The van der Waals surface area contributed by atoms with Crippen molar-refractivity contribution in [3.63, 3.8) is 0 Å². The number of nitrogens with one attached hydrogen (secondary N) is 1. The number of hydrogen-bond donors (Lipinski definition) is 1. The molecule has 1 heterocycles. The van der Waals surface area contributed by atoms with E-state index in [2.05, 4.69) is 15.5 Å². The number of ether oxygens (including phenoxy) is 1. The minimum Gasteiger partial charge on any atom is -0.497 e. The van der Waals surface area contributed by atoms with Crippen LogP contribution in [0.2, 0.25) is 0 Å². The molecule has 128 valence electrons. The summed E-state index contributed by atoms with van der Waals surface area (Å²) in [4.78, 5) is 16.5. The van der Waals surface area contributed by atoms with Crippen molar-refractivity contribution in [2.75, 3.05) is 7.11 Å². The first-order valence-corrected chi connectivity index (χ1v) is 7.61. The Labute approximate surface area is 143 Å². The molecule has 0 fully saturated rings. The molecule has 0 aliphatic rings. The van der Waals surface area contributed by atoms with Crippen LogP contribution in [0, 0.1) is 5.82 Å². The summed E-state index contributed by atoms with van der Waals surface area (Å²) in [6.07, 6.45) is 0. The van der Waals surface area contributed by atoms with Crippen molar-refractivity contribution in [3.05, 3.63) is 65.8 Å². The van der Waals surface area contributed by atoms with Gasteiger partial charge in [0.1, 0.15) is 17.6 Å². The first-order chi connectivity index (χ1) is 12.1. The Bertz CT molecular complexity index is 860. The van der Waals surface area contributed by atoms with Crippen LogP contribution in [0.25, 0.3) is 11.4 Å². The highest BCUT2D eigenvalue weighted by atomic mass is 19.1. The number of halogens is 1. The van der Waals surface area contributed by atoms with Crippen molar-refractivity contribution in [2.45, 2.75) is 13.0 Å². The molecule has 3 aromatic rings. The van der Waals surface area contributed by atoms with Gasteiger partial charge in [0, 0.05) is 11.1 Å². The largest absolute Gasteiger partial charge is 0.497 e. The van der Waals surface area contributed by atoms with Gasteiger partial charge in [0.2, 0.25) is 11.7 Å². The number of amides is 1. The first kappa shape index (κ1) is 16.6. The summed E-state index contributed by atoms with van der Waals surface area (Å²) in [7, 11) is 1.59. The third-order valence-corrected chi connectivity index (χ3v) is 3.61. The van der Waals surface area contributed by atoms with Gasteiger partial charge in [-0.3, -0.25) is 4.79 Å². The summed E-state index contributed by atoms with van der Waals surface area (Å²) in [5.41, 5.74) is 1.12. The van der Waals surface area contributed by atoms with Gasteiger partial charge in [0.05, 0.1) is 7.11 Å². The van der Waals surface area contributed by atoms with Gasteiger partial charge in [-0.05, 0) is 55.5 Å². The second kappa shape index (κ2) is 7.12. The summed E-state index contributed by atoms with van der Waals surface area (Å²) in [6, 6.07) is 12.0. The second-order valence-electron chi connectivity index (χ2n) is 5.39. The molecule has 1 N–H and O–H groups in total. The number of nitrogens with zero attached hydrogens (tertiary/aromatic N) is 2. The molecule has 3 rings (SSSR count). The molecule has 0 aliphatic heterocycles. The molecule has 0 radical (unpaired) electrons. The Morgan fingerprint density at radius 3 is 2.48 bits per heavy atom. The van der Waals surface area contributed by atoms with Crippen LogP contribution in [0.5, 0.6) is 5.75 Å². The molecule has 1 amide bonds. The zero-order valence-corrected chi connectivity index (χ0v) is 13.7. The maximum absolute atomic E-state index is 12.9. The van der Waals surface area contributed by atoms with Crippen molar-refractivity contribution < 1.29 is 18.4 Å². The molecule has 2 aromatic carbocycles. The predicted octanol–water partition coefficient (Wildman–Crippen LogP) is 3.38. The normalized spacial score (nSPS) is 11.8. The Balaban J connectivity index is 1.70. The van der Waals surface area contributed by atoms with Crippen molar-refractivity contribution >= 4 is 5.91 Å². The summed E-state index contributed by atoms with van der Waals surface area (Å²) in [6.45, 7) is 1.73. The van der Waals surface area contributed by atoms with Gasteiger partial charge in [0.25, 0.3) is 5.91 Å². The van der Waals surface area contributed by atoms with Gasteiger partial charge in [-0.1, -0.05) is 5.16 Å². The van der Waals surface area contributed by atoms with E-state index in [4.69, 9.17) is 9.26 Å². The maximum Gasteiger partial charge on any atom is 0.251 e. The van der Waals surface area contributed by atoms with Crippen LogP contribution in [-0.4, -0.2) is 23.2 Å². The summed E-state index contributed by atoms with van der Waals surface area (Å²) >= 11 is 0. The van der Waals surface area contributed by atoms with E-state index < -0.39 is 11.9 Å². The molecule has 25 heavy (non-hydrogen) atoms. The number of carbonyl (C=O) groups is 1. The highest BCUT2D eigenvalue weighted by molar-refractivity contribution is 5.94. The number of hydrogen-bond acceptors (Lipinski definition) is 5. The average Bonchev–Trinajstić information content (AvgIpc) is 3.12. The molecule has 0 bridgehead atoms. The Kier molecular flexibility index (Phi) is 4.74. The van der Waals surface area contributed by atoms with Crippen molar-refractivity contribution in [1.29, 1.82) is 0 Å². The summed E-state index contributed by atoms with van der Waals surface area (Å²) in [5.74, 6) is 0.677. The lowest BCUT2D eigenvalue weighted by molar-refractivity contribution is 0.0932. The molecule has 0 saturated heterocycles. The zero-order chi connectivity index (χ0) is 17.8. The van der Waals surface area contributed by atoms with Gasteiger partial charge in [-0.2, -0.15) is 4.98 Å². The molecular formula is C18H16FN3O3. The highest BCUT2D eigenvalue weighted by Crippen LogP contribution is 2.21. The number of rotatable bonds is 5. The molecule has 1 aromatic heterocycles. The lowest BCUT2D eigenvalue weighted by Crippen LogP contribution is -2.26. The Morgan fingerprint density at radius 2 is 1.84 bits per heavy atom. The lowest BCUT2D eigenvalue weighted by Gasteiger charge is -2.09. The van der Waals surface area contributed by atoms with Gasteiger partial charge >= 0.3 is 0 Å². The maximum atomic E-state index is 12.9. The third-order valence-electron chi connectivity index (χ3n) is 3.61. The van der Waals surface area contributed by atoms with Crippen LogP contribution in [0.4, 0.5) is 4.39 Å². The number of methoxy groups -OCH3 is 1. The van der Waals surface area contributed by atoms with Crippen molar-refractivity contribution in [2.24, 2.45) is 0 Å². The monoisotopic (exact) mass is 341 g/mol. The van der Waals surface area contributed by atoms with E-state index in [1.807, 2.05) is 12.1 Å². The number of benzene rings is 2. The molecule has 0 spiro atoms. The minimum absolute atomic E-state index is 0.279. The molecular weight excluding hydrogens is 325 g/mol. The van der Waals surface area contributed by atoms with Gasteiger partial charge in [0.15, 0.2) is 0 Å². The van der Waals surface area contributed by atoms with E-state index in [-0.39, 0.29) is 11.8 Å². The third kappa shape index (κ3) is 3.82. The standard InChI is InChI=1S/C18H16FN3O3/c1-11(20-17(23)13-3-7-14(19)8-4-13)18-21-16(22-25-18)12-5-9-15(24-2)10-6-12/h3-11H,1-2H3,(H,20,23)/t11-/m1/s1. The SMILES string of the molecule is COc1ccc(-c2noc([C@@H](C)NC(=O)c3ccc(F)cc3)n2)cc1. The fraction of sp³-hybridized carbons (Fsp3) is 0.167. The predicted molar refractivity (Wildman–Crippen MR) is 88.6 cm³/mol. The molecule has 1 atom stereocenters. The fourth-order valence-electron chi connectivity index (χ4n) is 2.21. The van der Waals surface area contributed by atoms with E-state index in [0.717, 1.165) is 11.3 Å². The number of aromatic nitrogens is 2. The molecule has 0 aliphatic carbocycles. The van der Waals surface area contributed by atoms with Gasteiger partial charge in [-0.25, -0.2) is 4.39 Å². The highest BCUT2D eigenvalue weighted by Gasteiger charge is 2.18. The summed E-state index contributed by atoms with van der Waals surface area (Å²) < 4.78 is 23.2. The van der Waals surface area contributed by atoms with E-state index in [1.165, 1.54) is 24.3 Å². The molecule has 0 saturated carbocycles. The lowest BCUT2D eigenvalue weighted by atomic mass is 10.2. The average molecular weight is 341 g/mol. The van der Waals surface area contributed by atoms with Crippen LogP contribution in [-0.2, 0) is 0 Å². The minimum atomic E-state index is -0.489. The summed E-state index contributed by atoms with van der Waals surface area (Å²) in [5, 5.41) is 6.66. The number of carbonyl (C=O) groups excluding carboxylic acids is 1. The van der Waals surface area contributed by atoms with Gasteiger partial charge in [-0.15, -0.1) is 0 Å². The second-order valence-corrected chi connectivity index (χ2v) is 5.39. The Morgan fingerprint density at radius 1 is 1.16 bits per heavy atom. The van der Waals surface area contributed by atoms with E-state index in [1.54, 1.807) is 26.2 Å². The van der Waals surface area contributed by atoms with Crippen molar-refractivity contribution in [1.82, 2.24) is 15.5 Å². The first-order valence-electron chi connectivity index (χ1n) is 7.61. The van der Waals surface area contributed by atoms with Crippen LogP contribution < -0.4 is 10.1 Å². The fourth-order valence-corrected chi connectivity index (χ4v) is 2.21. The van der Waals surface area contributed by atoms with Crippen LogP contribution >= 0.6 is 0 Å². The van der Waals surface area contributed by atoms with Crippen LogP contribution in [0.15, 0.2) is 53.1 Å². The molecule has 7 heteroatoms. The van der Waals surface area contributed by atoms with E-state index in [9.17, 15) is 9.18 Å². The topological polar surface area (TPSA) is 77.3 Å². The van der Waals surface area contributed by atoms with Crippen LogP contribution in [0.1, 0.15) is 29.2 Å². The molecule has 0 unspecified atom stereocenters. The Hall–Kier alpha value is -3.22.